The molecule has 138 valence electrons. The highest BCUT2D eigenvalue weighted by Gasteiger charge is 2.07. The smallest absolute Gasteiger partial charge is 0.253 e. The topological polar surface area (TPSA) is 54.0 Å². The van der Waals surface area contributed by atoms with Crippen LogP contribution in [0.25, 0.3) is 0 Å². The van der Waals surface area contributed by atoms with E-state index in [1.54, 1.807) is 12.4 Å². The minimum Gasteiger partial charge on any atom is -0.383 e. The van der Waals surface area contributed by atoms with E-state index in [9.17, 15) is 4.79 Å². The Hall–Kier alpha value is -2.85. The van der Waals surface area contributed by atoms with Crippen molar-refractivity contribution in [2.45, 2.75) is 19.9 Å². The SMILES string of the molecule is Cc1ccc(CNC(=O)c2cncc(NCCc3cccc(Cl)c3)c2)cc1. The van der Waals surface area contributed by atoms with Crippen molar-refractivity contribution in [1.29, 1.82) is 0 Å². The Morgan fingerprint density at radius 2 is 1.85 bits per heavy atom. The molecule has 2 N–H and O–H groups in total. The molecule has 0 bridgehead atoms. The number of aryl methyl sites for hydroxylation is 1. The number of carbonyl (C=O) groups excluding carboxylic acids is 1. The number of hydrogen-bond acceptors (Lipinski definition) is 3. The number of hydrogen-bond donors (Lipinski definition) is 2. The molecule has 1 heterocycles. The second-order valence-electron chi connectivity index (χ2n) is 6.44. The van der Waals surface area contributed by atoms with E-state index < -0.39 is 0 Å². The highest BCUT2D eigenvalue weighted by atomic mass is 35.5. The molecule has 3 rings (SSSR count). The molecule has 0 unspecified atom stereocenters. The molecule has 4 nitrogen and oxygen atoms in total. The number of halogens is 1. The molecular formula is C22H22ClN3O. The molecule has 0 radical (unpaired) electrons. The Morgan fingerprint density at radius 3 is 2.63 bits per heavy atom. The Kier molecular flexibility index (Phi) is 6.44. The van der Waals surface area contributed by atoms with E-state index in [1.165, 1.54) is 5.56 Å². The van der Waals surface area contributed by atoms with Crippen LogP contribution in [0.2, 0.25) is 5.02 Å². The first-order valence-corrected chi connectivity index (χ1v) is 9.25. The van der Waals surface area contributed by atoms with Gasteiger partial charge in [0.1, 0.15) is 0 Å². The summed E-state index contributed by atoms with van der Waals surface area (Å²) >= 11 is 6.00. The lowest BCUT2D eigenvalue weighted by atomic mass is 10.1. The van der Waals surface area contributed by atoms with E-state index in [4.69, 9.17) is 11.6 Å². The predicted octanol–water partition coefficient (Wildman–Crippen LogP) is 4.63. The van der Waals surface area contributed by atoms with Crippen LogP contribution >= 0.6 is 11.6 Å². The Bertz CT molecular complexity index is 909. The van der Waals surface area contributed by atoms with Crippen molar-refractivity contribution in [3.8, 4) is 0 Å². The van der Waals surface area contributed by atoms with Gasteiger partial charge in [0.05, 0.1) is 11.3 Å². The van der Waals surface area contributed by atoms with Crippen LogP contribution in [-0.4, -0.2) is 17.4 Å². The lowest BCUT2D eigenvalue weighted by Crippen LogP contribution is -2.23. The fourth-order valence-corrected chi connectivity index (χ4v) is 2.91. The number of rotatable bonds is 7. The fourth-order valence-electron chi connectivity index (χ4n) is 2.69. The van der Waals surface area contributed by atoms with Crippen LogP contribution in [-0.2, 0) is 13.0 Å². The number of carbonyl (C=O) groups is 1. The van der Waals surface area contributed by atoms with Gasteiger partial charge in [0.25, 0.3) is 5.91 Å². The second-order valence-corrected chi connectivity index (χ2v) is 6.87. The zero-order valence-corrected chi connectivity index (χ0v) is 16.0. The first-order valence-electron chi connectivity index (χ1n) is 8.87. The summed E-state index contributed by atoms with van der Waals surface area (Å²) in [4.78, 5) is 16.5. The summed E-state index contributed by atoms with van der Waals surface area (Å²) in [6.07, 6.45) is 4.13. The number of pyridine rings is 1. The van der Waals surface area contributed by atoms with E-state index in [1.807, 2.05) is 61.5 Å². The molecule has 0 aliphatic heterocycles. The highest BCUT2D eigenvalue weighted by Crippen LogP contribution is 2.13. The molecule has 0 saturated heterocycles. The van der Waals surface area contributed by atoms with Gasteiger partial charge in [0.15, 0.2) is 0 Å². The van der Waals surface area contributed by atoms with Gasteiger partial charge in [-0.05, 0) is 42.7 Å². The summed E-state index contributed by atoms with van der Waals surface area (Å²) < 4.78 is 0. The van der Waals surface area contributed by atoms with Crippen molar-refractivity contribution in [3.05, 3.63) is 94.3 Å². The standard InChI is InChI=1S/C22H22ClN3O/c1-16-5-7-18(8-6-16)13-26-22(27)19-12-21(15-24-14-19)25-10-9-17-3-2-4-20(23)11-17/h2-8,11-12,14-15,25H,9-10,13H2,1H3,(H,26,27). The first-order chi connectivity index (χ1) is 13.1. The molecule has 27 heavy (non-hydrogen) atoms. The van der Waals surface area contributed by atoms with E-state index in [0.29, 0.717) is 12.1 Å². The third-order valence-corrected chi connectivity index (χ3v) is 4.44. The van der Waals surface area contributed by atoms with Crippen molar-refractivity contribution in [2.24, 2.45) is 0 Å². The molecule has 1 aromatic heterocycles. The number of anilines is 1. The second kappa shape index (κ2) is 9.19. The Labute approximate surface area is 164 Å². The molecule has 2 aromatic carbocycles. The van der Waals surface area contributed by atoms with Gasteiger partial charge in [-0.15, -0.1) is 0 Å². The van der Waals surface area contributed by atoms with E-state index >= 15 is 0 Å². The van der Waals surface area contributed by atoms with Gasteiger partial charge < -0.3 is 10.6 Å². The molecule has 3 aromatic rings. The van der Waals surface area contributed by atoms with E-state index in [0.717, 1.165) is 34.8 Å². The van der Waals surface area contributed by atoms with Crippen LogP contribution in [0.15, 0.2) is 67.0 Å². The van der Waals surface area contributed by atoms with Gasteiger partial charge in [-0.1, -0.05) is 53.6 Å². The van der Waals surface area contributed by atoms with E-state index in [-0.39, 0.29) is 5.91 Å². The molecule has 0 aliphatic carbocycles. The van der Waals surface area contributed by atoms with Gasteiger partial charge in [0.2, 0.25) is 0 Å². The van der Waals surface area contributed by atoms with Crippen LogP contribution in [0, 0.1) is 6.92 Å². The maximum absolute atomic E-state index is 12.4. The van der Waals surface area contributed by atoms with Gasteiger partial charge >= 0.3 is 0 Å². The van der Waals surface area contributed by atoms with Crippen molar-refractivity contribution < 1.29 is 4.79 Å². The number of aromatic nitrogens is 1. The molecule has 0 saturated carbocycles. The molecule has 0 atom stereocenters. The molecule has 0 spiro atoms. The normalized spacial score (nSPS) is 10.4. The highest BCUT2D eigenvalue weighted by molar-refractivity contribution is 6.30. The summed E-state index contributed by atoms with van der Waals surface area (Å²) in [6.45, 7) is 3.26. The number of nitrogens with zero attached hydrogens (tertiary/aromatic N) is 1. The Morgan fingerprint density at radius 1 is 1.04 bits per heavy atom. The van der Waals surface area contributed by atoms with Crippen molar-refractivity contribution in [1.82, 2.24) is 10.3 Å². The average Bonchev–Trinajstić information content (AvgIpc) is 2.68. The minimum absolute atomic E-state index is 0.137. The van der Waals surface area contributed by atoms with Crippen LogP contribution < -0.4 is 10.6 Å². The van der Waals surface area contributed by atoms with E-state index in [2.05, 4.69) is 15.6 Å². The quantitative estimate of drug-likeness (QED) is 0.629. The Balaban J connectivity index is 1.53. The van der Waals surface area contributed by atoms with Gasteiger partial charge in [-0.25, -0.2) is 0 Å². The molecule has 1 amide bonds. The predicted molar refractivity (Wildman–Crippen MR) is 110 cm³/mol. The maximum Gasteiger partial charge on any atom is 0.253 e. The lowest BCUT2D eigenvalue weighted by molar-refractivity contribution is 0.0950. The summed E-state index contributed by atoms with van der Waals surface area (Å²) in [7, 11) is 0. The lowest BCUT2D eigenvalue weighted by Gasteiger charge is -2.09. The van der Waals surface area contributed by atoms with Gasteiger partial charge in [-0.2, -0.15) is 0 Å². The van der Waals surface area contributed by atoms with Gasteiger partial charge in [-0.3, -0.25) is 9.78 Å². The molecule has 5 heteroatoms. The van der Waals surface area contributed by atoms with Crippen LogP contribution in [0.3, 0.4) is 0 Å². The number of amides is 1. The minimum atomic E-state index is -0.137. The number of nitrogens with one attached hydrogen (secondary N) is 2. The summed E-state index contributed by atoms with van der Waals surface area (Å²) in [6, 6.07) is 17.7. The van der Waals surface area contributed by atoms with Crippen LogP contribution in [0.1, 0.15) is 27.0 Å². The average molecular weight is 380 g/mol. The van der Waals surface area contributed by atoms with Crippen LogP contribution in [0.5, 0.6) is 0 Å². The summed E-state index contributed by atoms with van der Waals surface area (Å²) in [5.74, 6) is -0.137. The zero-order chi connectivity index (χ0) is 19.1. The van der Waals surface area contributed by atoms with Gasteiger partial charge in [0, 0.05) is 30.5 Å². The summed E-state index contributed by atoms with van der Waals surface area (Å²) in [5, 5.41) is 6.97. The largest absolute Gasteiger partial charge is 0.383 e. The maximum atomic E-state index is 12.4. The molecular weight excluding hydrogens is 358 g/mol. The first kappa shape index (κ1) is 18.9. The van der Waals surface area contributed by atoms with Crippen LogP contribution in [0.4, 0.5) is 5.69 Å². The third-order valence-electron chi connectivity index (χ3n) is 4.21. The zero-order valence-electron chi connectivity index (χ0n) is 15.2. The summed E-state index contributed by atoms with van der Waals surface area (Å²) in [5.41, 5.74) is 4.79. The van der Waals surface area contributed by atoms with Crippen molar-refractivity contribution in [3.63, 3.8) is 0 Å². The van der Waals surface area contributed by atoms with Crippen molar-refractivity contribution in [2.75, 3.05) is 11.9 Å². The fraction of sp³-hybridized carbons (Fsp3) is 0.182. The monoisotopic (exact) mass is 379 g/mol. The molecule has 0 fully saturated rings. The number of benzene rings is 2. The van der Waals surface area contributed by atoms with Crippen molar-refractivity contribution >= 4 is 23.2 Å². The third kappa shape index (κ3) is 5.83. The molecule has 0 aliphatic rings.